The van der Waals surface area contributed by atoms with Gasteiger partial charge in [0.1, 0.15) is 0 Å². The minimum absolute atomic E-state index is 0.183. The maximum absolute atomic E-state index is 8.63. The molecule has 4 rings (SSSR count). The highest BCUT2D eigenvalue weighted by molar-refractivity contribution is 6.47. The second-order valence-electron chi connectivity index (χ2n) is 9.48. The molecule has 1 saturated heterocycles. The van der Waals surface area contributed by atoms with Crippen LogP contribution in [0.5, 0.6) is 0 Å². The van der Waals surface area contributed by atoms with Gasteiger partial charge < -0.3 is 9.31 Å². The first-order valence-electron chi connectivity index (χ1n) is 12.2. The van der Waals surface area contributed by atoms with Gasteiger partial charge in [-0.25, -0.2) is 0 Å². The summed E-state index contributed by atoms with van der Waals surface area (Å²) in [5.41, 5.74) is 9.90. The van der Waals surface area contributed by atoms with Crippen LogP contribution in [-0.2, 0) is 9.31 Å². The fourth-order valence-electron chi connectivity index (χ4n) is 5.96. The zero-order chi connectivity index (χ0) is 20.6. The van der Waals surface area contributed by atoms with Crippen molar-refractivity contribution in [2.45, 2.75) is 95.1 Å². The molecule has 0 N–H and O–H groups in total. The Morgan fingerprint density at radius 1 is 0.900 bits per heavy atom. The van der Waals surface area contributed by atoms with Crippen molar-refractivity contribution < 1.29 is 9.31 Å². The van der Waals surface area contributed by atoms with Crippen LogP contribution in [-0.4, -0.2) is 25.9 Å². The molecule has 0 unspecified atom stereocenters. The quantitative estimate of drug-likeness (QED) is 0.155. The van der Waals surface area contributed by atoms with E-state index < -0.39 is 0 Å². The molecule has 3 fully saturated rings. The Bertz CT molecular complexity index is 659. The molecule has 0 spiro atoms. The van der Waals surface area contributed by atoms with Gasteiger partial charge in [-0.3, -0.25) is 0 Å². The summed E-state index contributed by atoms with van der Waals surface area (Å²) in [5, 5.41) is 3.74. The second kappa shape index (κ2) is 11.2. The lowest BCUT2D eigenvalue weighted by atomic mass is 9.65. The number of azide groups is 1. The van der Waals surface area contributed by atoms with E-state index in [9.17, 15) is 0 Å². The molecule has 6 heteroatoms. The SMILES string of the molecule is [N-]=[N+]=NCCC[C@@H](B1O[C@H](C2CCCCC2)[C@@H](C2CCCCC2)O1)c1ccccc1. The van der Waals surface area contributed by atoms with E-state index in [1.54, 1.807) is 0 Å². The van der Waals surface area contributed by atoms with Gasteiger partial charge in [0, 0.05) is 17.3 Å². The minimum Gasteiger partial charge on any atom is -0.405 e. The minimum atomic E-state index is -0.183. The third kappa shape index (κ3) is 5.40. The van der Waals surface area contributed by atoms with Crippen molar-refractivity contribution in [1.29, 1.82) is 0 Å². The fourth-order valence-corrected chi connectivity index (χ4v) is 5.96. The Hall–Kier alpha value is -1.49. The third-order valence-electron chi connectivity index (χ3n) is 7.53. The molecular weight excluding hydrogens is 373 g/mol. The van der Waals surface area contributed by atoms with Gasteiger partial charge in [0.2, 0.25) is 0 Å². The van der Waals surface area contributed by atoms with Gasteiger partial charge in [-0.05, 0) is 61.5 Å². The zero-order valence-corrected chi connectivity index (χ0v) is 18.2. The number of hydrogen-bond donors (Lipinski definition) is 0. The van der Waals surface area contributed by atoms with Gasteiger partial charge in [-0.2, -0.15) is 0 Å². The van der Waals surface area contributed by atoms with Crippen LogP contribution >= 0.6 is 0 Å². The van der Waals surface area contributed by atoms with Crippen LogP contribution in [0.4, 0.5) is 0 Å². The second-order valence-corrected chi connectivity index (χ2v) is 9.48. The van der Waals surface area contributed by atoms with Crippen molar-refractivity contribution in [2.75, 3.05) is 6.54 Å². The van der Waals surface area contributed by atoms with Gasteiger partial charge >= 0.3 is 7.12 Å². The predicted molar refractivity (Wildman–Crippen MR) is 121 cm³/mol. The maximum Gasteiger partial charge on any atom is 0.465 e. The van der Waals surface area contributed by atoms with Crippen molar-refractivity contribution >= 4 is 7.12 Å². The predicted octanol–water partition coefficient (Wildman–Crippen LogP) is 6.83. The van der Waals surface area contributed by atoms with Crippen LogP contribution in [0.15, 0.2) is 35.4 Å². The van der Waals surface area contributed by atoms with E-state index >= 15 is 0 Å². The summed E-state index contributed by atoms with van der Waals surface area (Å²) >= 11 is 0. The lowest BCUT2D eigenvalue weighted by Gasteiger charge is -2.35. The van der Waals surface area contributed by atoms with Gasteiger partial charge in [0.05, 0.1) is 12.2 Å². The molecular formula is C24H36BN3O2. The van der Waals surface area contributed by atoms with E-state index in [-0.39, 0.29) is 25.1 Å². The van der Waals surface area contributed by atoms with E-state index in [0.717, 1.165) is 12.8 Å². The smallest absolute Gasteiger partial charge is 0.405 e. The summed E-state index contributed by atoms with van der Waals surface area (Å²) in [6, 6.07) is 10.6. The molecule has 3 atom stereocenters. The van der Waals surface area contributed by atoms with Crippen LogP contribution in [0.2, 0.25) is 0 Å². The first kappa shape index (κ1) is 21.7. The number of hydrogen-bond acceptors (Lipinski definition) is 3. The first-order valence-corrected chi connectivity index (χ1v) is 12.2. The van der Waals surface area contributed by atoms with Gasteiger partial charge in [-0.15, -0.1) is 0 Å². The highest BCUT2D eigenvalue weighted by atomic mass is 16.7. The molecule has 0 amide bonds. The number of rotatable bonds is 8. The summed E-state index contributed by atoms with van der Waals surface area (Å²) in [6.45, 7) is 0.532. The van der Waals surface area contributed by atoms with Gasteiger partial charge in [0.15, 0.2) is 0 Å². The van der Waals surface area contributed by atoms with E-state index in [0.29, 0.717) is 18.4 Å². The van der Waals surface area contributed by atoms with Gasteiger partial charge in [-0.1, -0.05) is 74.0 Å². The highest BCUT2D eigenvalue weighted by Crippen LogP contribution is 2.43. The van der Waals surface area contributed by atoms with Crippen molar-refractivity contribution in [2.24, 2.45) is 17.0 Å². The van der Waals surface area contributed by atoms with Crippen molar-refractivity contribution in [1.82, 2.24) is 0 Å². The van der Waals surface area contributed by atoms with Crippen LogP contribution < -0.4 is 0 Å². The number of nitrogens with zero attached hydrogens (tertiary/aromatic N) is 3. The lowest BCUT2D eigenvalue weighted by Crippen LogP contribution is -2.38. The van der Waals surface area contributed by atoms with E-state index in [1.165, 1.54) is 69.8 Å². The average molecular weight is 409 g/mol. The summed E-state index contributed by atoms with van der Waals surface area (Å²) < 4.78 is 13.6. The molecule has 1 heterocycles. The number of benzene rings is 1. The standard InChI is InChI=1S/C24H36BN3O2/c26-28-27-18-10-17-22(19-11-4-1-5-12-19)25-29-23(20-13-6-2-7-14-20)24(30-25)21-15-8-3-9-16-21/h1,4-5,11-12,20-24H,2-3,6-10,13-18H2/t22-,23-,24-/m1/s1. The Balaban J connectivity index is 1.52. The molecule has 3 aliphatic rings. The van der Waals surface area contributed by atoms with Crippen molar-refractivity contribution in [3.63, 3.8) is 0 Å². The highest BCUT2D eigenvalue weighted by Gasteiger charge is 2.49. The monoisotopic (exact) mass is 409 g/mol. The molecule has 5 nitrogen and oxygen atoms in total. The molecule has 0 aromatic heterocycles. The van der Waals surface area contributed by atoms with Crippen LogP contribution in [0.1, 0.15) is 88.4 Å². The van der Waals surface area contributed by atoms with E-state index in [1.807, 2.05) is 0 Å². The molecule has 0 radical (unpaired) electrons. The van der Waals surface area contributed by atoms with Crippen LogP contribution in [0.3, 0.4) is 0 Å². The molecule has 2 saturated carbocycles. The molecule has 1 aromatic rings. The van der Waals surface area contributed by atoms with Gasteiger partial charge in [0.25, 0.3) is 0 Å². The largest absolute Gasteiger partial charge is 0.465 e. The fraction of sp³-hybridized carbons (Fsp3) is 0.750. The van der Waals surface area contributed by atoms with Crippen molar-refractivity contribution in [3.8, 4) is 0 Å². The molecule has 1 aliphatic heterocycles. The van der Waals surface area contributed by atoms with Crippen LogP contribution in [0.25, 0.3) is 10.4 Å². The Labute approximate surface area is 181 Å². The average Bonchev–Trinajstić information content (AvgIpc) is 3.26. The molecule has 1 aromatic carbocycles. The Kier molecular flexibility index (Phi) is 8.13. The molecule has 2 aliphatic carbocycles. The molecule has 162 valence electrons. The first-order chi connectivity index (χ1) is 14.9. The summed E-state index contributed by atoms with van der Waals surface area (Å²) in [5.74, 6) is 1.49. The molecule has 0 bridgehead atoms. The molecule has 30 heavy (non-hydrogen) atoms. The maximum atomic E-state index is 8.63. The topological polar surface area (TPSA) is 67.2 Å². The normalized spacial score (nSPS) is 27.0. The van der Waals surface area contributed by atoms with Crippen molar-refractivity contribution in [3.05, 3.63) is 46.3 Å². The summed E-state index contributed by atoms with van der Waals surface area (Å²) in [6.07, 6.45) is 15.5. The zero-order valence-electron chi connectivity index (χ0n) is 18.2. The van der Waals surface area contributed by atoms with E-state index in [4.69, 9.17) is 14.8 Å². The summed E-state index contributed by atoms with van der Waals surface area (Å²) in [4.78, 5) is 2.91. The third-order valence-corrected chi connectivity index (χ3v) is 7.53. The summed E-state index contributed by atoms with van der Waals surface area (Å²) in [7, 11) is -0.183. The van der Waals surface area contributed by atoms with Crippen LogP contribution in [0, 0.1) is 11.8 Å². The van der Waals surface area contributed by atoms with E-state index in [2.05, 4.69) is 40.4 Å². The lowest BCUT2D eigenvalue weighted by molar-refractivity contribution is 0.0324. The Morgan fingerprint density at radius 3 is 2.00 bits per heavy atom. The Morgan fingerprint density at radius 2 is 1.47 bits per heavy atom.